The van der Waals surface area contributed by atoms with Gasteiger partial charge in [0.15, 0.2) is 24.7 Å². The molecule has 2 unspecified atom stereocenters. The maximum Gasteiger partial charge on any atom is 0.187 e. The zero-order chi connectivity index (χ0) is 44.6. The van der Waals surface area contributed by atoms with Crippen molar-refractivity contribution in [1.29, 1.82) is 0 Å². The Morgan fingerprint density at radius 2 is 1.45 bits per heavy atom. The quantitative estimate of drug-likeness (QED) is 0.102. The number of aliphatic hydroxyl groups excluding tert-OH is 10. The minimum atomic E-state index is -1.84. The number of rotatable bonds is 12. The molecular weight excluding hydrogens is 816 g/mol. The van der Waals surface area contributed by atoms with Gasteiger partial charge in [-0.2, -0.15) is 0 Å². The van der Waals surface area contributed by atoms with Gasteiger partial charge < -0.3 is 89.3 Å². The summed E-state index contributed by atoms with van der Waals surface area (Å²) in [6, 6.07) is 0. The van der Waals surface area contributed by atoms with E-state index in [4.69, 9.17) is 33.2 Å². The first-order chi connectivity index (χ1) is 29.4. The van der Waals surface area contributed by atoms with Gasteiger partial charge in [-0.15, -0.1) is 0 Å². The second-order valence-electron chi connectivity index (χ2n) is 20.5. The first-order valence-corrected chi connectivity index (χ1v) is 23.0. The molecule has 8 aliphatic rings. The fraction of sp³-hybridized carbons (Fsp3) is 0.955. The van der Waals surface area contributed by atoms with E-state index in [0.29, 0.717) is 43.4 Å². The highest BCUT2D eigenvalue weighted by atomic mass is 16.8. The second-order valence-corrected chi connectivity index (χ2v) is 20.5. The molecular formula is C44H72O18. The Bertz CT molecular complexity index is 1570. The van der Waals surface area contributed by atoms with Crippen LogP contribution in [0.3, 0.4) is 0 Å². The van der Waals surface area contributed by atoms with Gasteiger partial charge in [-0.25, -0.2) is 0 Å². The Hall–Kier alpha value is -0.980. The summed E-state index contributed by atoms with van der Waals surface area (Å²) in [7, 11) is 0. The van der Waals surface area contributed by atoms with Crippen LogP contribution in [0.4, 0.5) is 0 Å². The maximum atomic E-state index is 11.7. The highest BCUT2D eigenvalue weighted by molar-refractivity contribution is 5.26. The molecule has 0 radical (unpaired) electrons. The molecule has 11 N–H and O–H groups in total. The van der Waals surface area contributed by atoms with Crippen LogP contribution >= 0.6 is 0 Å². The lowest BCUT2D eigenvalue weighted by Crippen LogP contribution is -2.66. The van der Waals surface area contributed by atoms with Crippen molar-refractivity contribution in [1.82, 2.24) is 0 Å². The summed E-state index contributed by atoms with van der Waals surface area (Å²) in [4.78, 5) is 0. The molecule has 18 nitrogen and oxygen atoms in total. The predicted molar refractivity (Wildman–Crippen MR) is 213 cm³/mol. The van der Waals surface area contributed by atoms with E-state index >= 15 is 0 Å². The summed E-state index contributed by atoms with van der Waals surface area (Å²) in [6.07, 6.45) is -12.6. The first kappa shape index (κ1) is 47.5. The maximum absolute atomic E-state index is 11.7. The first-order valence-electron chi connectivity index (χ1n) is 23.0. The largest absolute Gasteiger partial charge is 0.396 e. The zero-order valence-electron chi connectivity index (χ0n) is 36.2. The van der Waals surface area contributed by atoms with Gasteiger partial charge in [0.2, 0.25) is 0 Å². The van der Waals surface area contributed by atoms with Crippen LogP contribution < -0.4 is 0 Å². The fourth-order valence-corrected chi connectivity index (χ4v) is 13.3. The number of hydrogen-bond donors (Lipinski definition) is 11. The number of aliphatic hydroxyl groups is 11. The van der Waals surface area contributed by atoms with E-state index in [1.807, 2.05) is 6.92 Å². The molecule has 356 valence electrons. The average Bonchev–Trinajstić information content (AvgIpc) is 3.69. The smallest absolute Gasteiger partial charge is 0.187 e. The van der Waals surface area contributed by atoms with Crippen molar-refractivity contribution < 1.29 is 89.3 Å². The molecule has 62 heavy (non-hydrogen) atoms. The Balaban J connectivity index is 0.892. The summed E-state index contributed by atoms with van der Waals surface area (Å²) >= 11 is 0. The van der Waals surface area contributed by atoms with Gasteiger partial charge in [0.05, 0.1) is 32.0 Å². The van der Waals surface area contributed by atoms with Crippen molar-refractivity contribution in [2.75, 3.05) is 26.4 Å². The molecule has 0 aromatic carbocycles. The van der Waals surface area contributed by atoms with Crippen LogP contribution in [0.2, 0.25) is 0 Å². The molecule has 0 amide bonds. The highest BCUT2D eigenvalue weighted by Gasteiger charge is 2.68. The Kier molecular flexibility index (Phi) is 14.0. The monoisotopic (exact) mass is 888 g/mol. The number of hydrogen-bond acceptors (Lipinski definition) is 18. The van der Waals surface area contributed by atoms with E-state index in [1.54, 1.807) is 0 Å². The molecule has 18 heteroatoms. The Labute approximate surface area is 362 Å². The molecule has 3 saturated carbocycles. The van der Waals surface area contributed by atoms with Crippen LogP contribution in [0.15, 0.2) is 11.6 Å². The van der Waals surface area contributed by atoms with E-state index in [9.17, 15) is 56.2 Å². The molecule has 4 saturated heterocycles. The van der Waals surface area contributed by atoms with Crippen LogP contribution in [0.25, 0.3) is 0 Å². The van der Waals surface area contributed by atoms with Gasteiger partial charge in [-0.1, -0.05) is 39.3 Å². The minimum absolute atomic E-state index is 0.00363. The third kappa shape index (κ3) is 8.16. The molecule has 0 aromatic heterocycles. The normalized spacial score (nSPS) is 54.5. The van der Waals surface area contributed by atoms with Gasteiger partial charge in [0.25, 0.3) is 0 Å². The van der Waals surface area contributed by atoms with E-state index in [1.165, 1.54) is 5.57 Å². The highest BCUT2D eigenvalue weighted by Crippen LogP contribution is 2.70. The summed E-state index contributed by atoms with van der Waals surface area (Å²) in [5.41, 5.74) is 1.33. The molecule has 4 aliphatic carbocycles. The molecule has 4 heterocycles. The van der Waals surface area contributed by atoms with E-state index in [2.05, 4.69) is 26.8 Å². The molecule has 7 fully saturated rings. The molecule has 4 aliphatic heterocycles. The number of allylic oxidation sites excluding steroid dienone is 1. The van der Waals surface area contributed by atoms with Crippen molar-refractivity contribution in [3.05, 3.63) is 11.6 Å². The van der Waals surface area contributed by atoms with Crippen LogP contribution in [-0.4, -0.2) is 187 Å². The number of fused-ring (bicyclic) bond motifs is 7. The van der Waals surface area contributed by atoms with Crippen molar-refractivity contribution in [2.45, 2.75) is 189 Å². The molecule has 0 spiro atoms. The summed E-state index contributed by atoms with van der Waals surface area (Å²) < 4.78 is 41.4. The molecule has 8 rings (SSSR count). The zero-order valence-corrected chi connectivity index (χ0v) is 36.2. The van der Waals surface area contributed by atoms with Gasteiger partial charge in [0, 0.05) is 18.9 Å². The van der Waals surface area contributed by atoms with Gasteiger partial charge in [-0.3, -0.25) is 0 Å². The van der Waals surface area contributed by atoms with Crippen LogP contribution in [0, 0.1) is 46.3 Å². The topological polar surface area (TPSA) is 287 Å². The lowest BCUT2D eigenvalue weighted by molar-refractivity contribution is -0.377. The lowest BCUT2D eigenvalue weighted by Gasteiger charge is -2.58. The fourth-order valence-electron chi connectivity index (χ4n) is 13.3. The van der Waals surface area contributed by atoms with Crippen LogP contribution in [0.1, 0.15) is 85.5 Å². The minimum Gasteiger partial charge on any atom is -0.396 e. The molecule has 0 bridgehead atoms. The van der Waals surface area contributed by atoms with E-state index in [-0.39, 0.29) is 47.4 Å². The van der Waals surface area contributed by atoms with Gasteiger partial charge in [0.1, 0.15) is 67.1 Å². The Morgan fingerprint density at radius 1 is 0.774 bits per heavy atom. The van der Waals surface area contributed by atoms with Crippen molar-refractivity contribution in [3.8, 4) is 0 Å². The van der Waals surface area contributed by atoms with Gasteiger partial charge in [-0.05, 0) is 91.8 Å². The average molecular weight is 889 g/mol. The summed E-state index contributed by atoms with van der Waals surface area (Å²) in [5, 5.41) is 117. The van der Waals surface area contributed by atoms with Crippen LogP contribution in [0.5, 0.6) is 0 Å². The third-order valence-electron chi connectivity index (χ3n) is 17.1. The standard InChI is InChI=1S/C44H72O18/c1-19(15-45)7-12-44(55)20(2)30-27(62-44)14-25-23-6-5-21-13-22(8-10-42(21,3)24(23)9-11-43(25,30)4)57-40-35(53)33(51)37(29(17-47)59-40)60-41-36(54)38(32(50)28(16-46)58-41)61-39-34(52)31(49)26(48)18-56-39/h5,19-20,22-41,45-55H,6-18H2,1-4H3/t19?,20-,22-,23+,24-,25-,26-,27-,28+,29+,30-,31+,32+,33+,34-,35+,36+,37+,38-,39-,40+,41-,42-,43-,44?/m0/s1. The number of ether oxygens (including phenoxy) is 7. The summed E-state index contributed by atoms with van der Waals surface area (Å²) in [5.74, 6) is 0.660. The van der Waals surface area contributed by atoms with Crippen LogP contribution in [-0.2, 0) is 33.2 Å². The van der Waals surface area contributed by atoms with Crippen molar-refractivity contribution in [2.24, 2.45) is 46.3 Å². The van der Waals surface area contributed by atoms with Crippen molar-refractivity contribution >= 4 is 0 Å². The van der Waals surface area contributed by atoms with Gasteiger partial charge >= 0.3 is 0 Å². The van der Waals surface area contributed by atoms with E-state index in [0.717, 1.165) is 32.1 Å². The SMILES string of the molecule is CC(CO)CCC1(O)O[C@H]2C[C@H]3[C@@H]4CC=C5C[C@@H](O[C@@H]6O[C@H](CO)[C@@H](O[C@@H]7O[C@H](CO)[C@@H](O)[C@H](O[C@@H]8OC[C@H](O)[C@@H](O)[C@@H]8O)[C@H]7O)[C@H](O)[C@H]6O)CC[C@]5(C)[C@H]4CC[C@]3(C)[C@H]2[C@@H]1C. The van der Waals surface area contributed by atoms with E-state index < -0.39 is 112 Å². The lowest BCUT2D eigenvalue weighted by atomic mass is 9.47. The van der Waals surface area contributed by atoms with Crippen molar-refractivity contribution in [3.63, 3.8) is 0 Å². The molecule has 0 aromatic rings. The summed E-state index contributed by atoms with van der Waals surface area (Å²) in [6.45, 7) is 7.18. The third-order valence-corrected chi connectivity index (χ3v) is 17.1. The predicted octanol–water partition coefficient (Wildman–Crippen LogP) is -1.22. The second kappa shape index (κ2) is 18.3. The molecule has 25 atom stereocenters. The Morgan fingerprint density at radius 3 is 2.16 bits per heavy atom.